The van der Waals surface area contributed by atoms with Gasteiger partial charge in [0, 0.05) is 0 Å². The molecule has 0 bridgehead atoms. The fourth-order valence-electron chi connectivity index (χ4n) is 2.77. The van der Waals surface area contributed by atoms with Gasteiger partial charge in [0.15, 0.2) is 0 Å². The van der Waals surface area contributed by atoms with Crippen molar-refractivity contribution >= 4 is 16.1 Å². The average molecular weight is 379 g/mol. The van der Waals surface area contributed by atoms with Gasteiger partial charge in [0.1, 0.15) is 0 Å². The lowest BCUT2D eigenvalue weighted by molar-refractivity contribution is -0.143. The highest BCUT2D eigenvalue weighted by molar-refractivity contribution is 7.85. The van der Waals surface area contributed by atoms with Crippen molar-refractivity contribution in [2.75, 3.05) is 12.4 Å². The molecule has 150 valence electrons. The van der Waals surface area contributed by atoms with Gasteiger partial charge in [-0.1, -0.05) is 90.4 Å². The van der Waals surface area contributed by atoms with Crippen LogP contribution in [0, 0.1) is 0 Å². The Morgan fingerprint density at radius 2 is 1.16 bits per heavy atom. The van der Waals surface area contributed by atoms with Crippen molar-refractivity contribution in [3.63, 3.8) is 0 Å². The van der Waals surface area contributed by atoms with Gasteiger partial charge in [0.2, 0.25) is 0 Å². The second-order valence-electron chi connectivity index (χ2n) is 6.85. The standard InChI is InChI=1S/C19H38O5S/c1-2-3-4-5-6-7-8-9-10-11-12-13-14-15-17-24-19(20)16-18-25(21,22)23/h2-18H2,1H3,(H,21,22,23). The summed E-state index contributed by atoms with van der Waals surface area (Å²) in [5.41, 5.74) is 0. The Bertz CT molecular complexity index is 406. The third kappa shape index (κ3) is 21.3. The van der Waals surface area contributed by atoms with Crippen molar-refractivity contribution in [1.29, 1.82) is 0 Å². The number of carbonyl (C=O) groups is 1. The minimum absolute atomic E-state index is 0.280. The minimum Gasteiger partial charge on any atom is -0.466 e. The molecule has 0 aliphatic rings. The molecule has 6 heteroatoms. The van der Waals surface area contributed by atoms with Crippen molar-refractivity contribution < 1.29 is 22.5 Å². The molecule has 5 nitrogen and oxygen atoms in total. The normalized spacial score (nSPS) is 11.6. The minimum atomic E-state index is -4.08. The average Bonchev–Trinajstić information content (AvgIpc) is 2.56. The zero-order valence-electron chi connectivity index (χ0n) is 16.0. The summed E-state index contributed by atoms with van der Waals surface area (Å²) in [5.74, 6) is -1.13. The lowest BCUT2D eigenvalue weighted by atomic mass is 10.0. The highest BCUT2D eigenvalue weighted by Crippen LogP contribution is 2.12. The Balaban J connectivity index is 3.17. The smallest absolute Gasteiger partial charge is 0.306 e. The van der Waals surface area contributed by atoms with Gasteiger partial charge >= 0.3 is 5.97 Å². The molecule has 0 atom stereocenters. The van der Waals surface area contributed by atoms with Crippen LogP contribution in [0.2, 0.25) is 0 Å². The number of carbonyl (C=O) groups excluding carboxylic acids is 1. The molecule has 0 amide bonds. The van der Waals surface area contributed by atoms with E-state index in [1.807, 2.05) is 0 Å². The van der Waals surface area contributed by atoms with Gasteiger partial charge in [0.05, 0.1) is 18.8 Å². The summed E-state index contributed by atoms with van der Waals surface area (Å²) < 4.78 is 34.5. The Morgan fingerprint density at radius 1 is 0.760 bits per heavy atom. The van der Waals surface area contributed by atoms with E-state index in [-0.39, 0.29) is 6.42 Å². The largest absolute Gasteiger partial charge is 0.466 e. The van der Waals surface area contributed by atoms with Crippen molar-refractivity contribution in [2.24, 2.45) is 0 Å². The molecule has 0 spiro atoms. The van der Waals surface area contributed by atoms with E-state index in [0.29, 0.717) is 6.61 Å². The molecule has 0 radical (unpaired) electrons. The summed E-state index contributed by atoms with van der Waals surface area (Å²) in [6.45, 7) is 2.59. The van der Waals surface area contributed by atoms with Crippen LogP contribution in [0.1, 0.15) is 103 Å². The Morgan fingerprint density at radius 3 is 1.56 bits per heavy atom. The topological polar surface area (TPSA) is 80.7 Å². The monoisotopic (exact) mass is 378 g/mol. The third-order valence-electron chi connectivity index (χ3n) is 4.33. The molecule has 25 heavy (non-hydrogen) atoms. The summed E-state index contributed by atoms with van der Waals surface area (Å²) in [5, 5.41) is 0. The first-order valence-corrected chi connectivity index (χ1v) is 11.7. The van der Waals surface area contributed by atoms with Gasteiger partial charge in [0.25, 0.3) is 10.1 Å². The predicted octanol–water partition coefficient (Wildman–Crippen LogP) is 5.29. The van der Waals surface area contributed by atoms with Crippen molar-refractivity contribution in [3.8, 4) is 0 Å². The molecule has 0 aliphatic carbocycles. The predicted molar refractivity (Wildman–Crippen MR) is 102 cm³/mol. The third-order valence-corrected chi connectivity index (χ3v) is 5.05. The molecule has 0 fully saturated rings. The number of rotatable bonds is 18. The summed E-state index contributed by atoms with van der Waals surface area (Å²) in [6, 6.07) is 0. The van der Waals surface area contributed by atoms with E-state index in [4.69, 9.17) is 9.29 Å². The molecular weight excluding hydrogens is 340 g/mol. The molecule has 0 heterocycles. The highest BCUT2D eigenvalue weighted by atomic mass is 32.2. The second-order valence-corrected chi connectivity index (χ2v) is 8.42. The molecule has 0 aromatic heterocycles. The molecule has 0 aromatic carbocycles. The molecule has 1 N–H and O–H groups in total. The lowest BCUT2D eigenvalue weighted by Gasteiger charge is -2.05. The van der Waals surface area contributed by atoms with Crippen LogP contribution in [-0.4, -0.2) is 31.3 Å². The van der Waals surface area contributed by atoms with Gasteiger partial charge in [-0.2, -0.15) is 8.42 Å². The molecule has 0 rings (SSSR count). The number of hydrogen-bond donors (Lipinski definition) is 1. The van der Waals surface area contributed by atoms with Gasteiger partial charge in [-0.3, -0.25) is 9.35 Å². The molecule has 0 unspecified atom stereocenters. The van der Waals surface area contributed by atoms with Gasteiger partial charge in [-0.05, 0) is 6.42 Å². The summed E-state index contributed by atoms with van der Waals surface area (Å²) in [4.78, 5) is 11.2. The van der Waals surface area contributed by atoms with Crippen LogP contribution in [0.5, 0.6) is 0 Å². The van der Waals surface area contributed by atoms with Crippen LogP contribution in [0.3, 0.4) is 0 Å². The fraction of sp³-hybridized carbons (Fsp3) is 0.947. The Kier molecular flexibility index (Phi) is 16.4. The molecule has 0 aliphatic heterocycles. The van der Waals surface area contributed by atoms with Crippen LogP contribution in [0.4, 0.5) is 0 Å². The van der Waals surface area contributed by atoms with Crippen LogP contribution < -0.4 is 0 Å². The SMILES string of the molecule is CCCCCCCCCCCCCCCCOC(=O)CCS(=O)(=O)O. The van der Waals surface area contributed by atoms with E-state index in [2.05, 4.69) is 6.92 Å². The molecular formula is C19H38O5S. The van der Waals surface area contributed by atoms with E-state index in [1.165, 1.54) is 70.6 Å². The van der Waals surface area contributed by atoms with Crippen LogP contribution in [0.15, 0.2) is 0 Å². The van der Waals surface area contributed by atoms with Gasteiger partial charge in [-0.25, -0.2) is 0 Å². The Labute approximate surface area is 154 Å². The maximum Gasteiger partial charge on any atom is 0.306 e. The van der Waals surface area contributed by atoms with E-state index in [9.17, 15) is 13.2 Å². The zero-order valence-corrected chi connectivity index (χ0v) is 16.8. The van der Waals surface area contributed by atoms with E-state index < -0.39 is 21.8 Å². The van der Waals surface area contributed by atoms with E-state index in [1.54, 1.807) is 0 Å². The maximum absolute atomic E-state index is 11.2. The first-order valence-electron chi connectivity index (χ1n) is 10.1. The second kappa shape index (κ2) is 16.8. The maximum atomic E-state index is 11.2. The summed E-state index contributed by atoms with van der Waals surface area (Å²) in [6.07, 6.45) is 17.5. The van der Waals surface area contributed by atoms with Gasteiger partial charge in [-0.15, -0.1) is 0 Å². The van der Waals surface area contributed by atoms with Crippen LogP contribution >= 0.6 is 0 Å². The van der Waals surface area contributed by atoms with Gasteiger partial charge < -0.3 is 4.74 Å². The van der Waals surface area contributed by atoms with Crippen LogP contribution in [-0.2, 0) is 19.6 Å². The summed E-state index contributed by atoms with van der Waals surface area (Å²) in [7, 11) is -4.08. The van der Waals surface area contributed by atoms with Crippen LogP contribution in [0.25, 0.3) is 0 Å². The molecule has 0 aromatic rings. The lowest BCUT2D eigenvalue weighted by Crippen LogP contribution is -2.12. The van der Waals surface area contributed by atoms with E-state index in [0.717, 1.165) is 19.3 Å². The fourth-order valence-corrected chi connectivity index (χ4v) is 3.19. The van der Waals surface area contributed by atoms with Crippen molar-refractivity contribution in [3.05, 3.63) is 0 Å². The number of unbranched alkanes of at least 4 members (excludes halogenated alkanes) is 13. The first-order chi connectivity index (χ1) is 12.0. The Hall–Kier alpha value is -0.620. The quantitative estimate of drug-likeness (QED) is 0.199. The zero-order chi connectivity index (χ0) is 18.8. The van der Waals surface area contributed by atoms with Crippen molar-refractivity contribution in [2.45, 2.75) is 103 Å². The molecule has 0 saturated heterocycles. The summed E-state index contributed by atoms with van der Waals surface area (Å²) >= 11 is 0. The number of esters is 1. The molecule has 0 saturated carbocycles. The highest BCUT2D eigenvalue weighted by Gasteiger charge is 2.10. The number of ether oxygens (including phenoxy) is 1. The number of hydrogen-bond acceptors (Lipinski definition) is 4. The van der Waals surface area contributed by atoms with Crippen molar-refractivity contribution in [1.82, 2.24) is 0 Å². The first kappa shape index (κ1) is 24.4. The van der Waals surface area contributed by atoms with E-state index >= 15 is 0 Å².